The van der Waals surface area contributed by atoms with E-state index in [2.05, 4.69) is 10.6 Å². The van der Waals surface area contributed by atoms with Crippen LogP contribution in [0.5, 0.6) is 0 Å². The molecule has 4 rings (SSSR count). The molecule has 0 bridgehead atoms. The van der Waals surface area contributed by atoms with Crippen LogP contribution in [0.2, 0.25) is 0 Å². The smallest absolute Gasteiger partial charge is 0.187 e. The zero-order valence-electron chi connectivity index (χ0n) is 25.6. The molecule has 1 radical (unpaired) electrons. The molecule has 8 nitrogen and oxygen atoms in total. The van der Waals surface area contributed by atoms with E-state index in [9.17, 15) is 20.0 Å². The summed E-state index contributed by atoms with van der Waals surface area (Å²) in [5, 5.41) is 33.6. The Labute approximate surface area is 256 Å². The number of hydrogen-bond donors (Lipinski definition) is 2. The second kappa shape index (κ2) is 13.4. The molecule has 2 aliphatic carbocycles. The fraction of sp³-hybridized carbons (Fsp3) is 0.562. The molecule has 0 aromatic carbocycles. The maximum absolute atomic E-state index is 12.3. The fourth-order valence-electron chi connectivity index (χ4n) is 6.38. The summed E-state index contributed by atoms with van der Waals surface area (Å²) in [4.78, 5) is 23.3. The molecular formula is C32H46CuN4O4-2. The fourth-order valence-corrected chi connectivity index (χ4v) is 6.38. The van der Waals surface area contributed by atoms with Gasteiger partial charge in [-0.1, -0.05) is 24.3 Å². The zero-order valence-corrected chi connectivity index (χ0v) is 26.5. The van der Waals surface area contributed by atoms with Gasteiger partial charge in [-0.25, -0.2) is 0 Å². The van der Waals surface area contributed by atoms with Gasteiger partial charge in [0.1, 0.15) is 0 Å². The van der Waals surface area contributed by atoms with Crippen LogP contribution in [0.15, 0.2) is 72.2 Å². The summed E-state index contributed by atoms with van der Waals surface area (Å²) >= 11 is 0. The number of hydrogen-bond acceptors (Lipinski definition) is 8. The van der Waals surface area contributed by atoms with Crippen molar-refractivity contribution < 1.29 is 26.7 Å². The number of rotatable bonds is 4. The number of carbonyl (C=O) groups is 2. The van der Waals surface area contributed by atoms with Crippen LogP contribution in [-0.4, -0.2) is 55.9 Å². The van der Waals surface area contributed by atoms with E-state index >= 15 is 0 Å². The Bertz CT molecular complexity index is 1030. The quantitative estimate of drug-likeness (QED) is 0.323. The van der Waals surface area contributed by atoms with Crippen LogP contribution in [0, 0.1) is 10.4 Å². The van der Waals surface area contributed by atoms with Crippen LogP contribution in [0.4, 0.5) is 0 Å². The normalized spacial score (nSPS) is 27.4. The molecule has 9 heteroatoms. The van der Waals surface area contributed by atoms with E-state index in [4.69, 9.17) is 0 Å². The largest absolute Gasteiger partial charge is 0.784 e. The van der Waals surface area contributed by atoms with Gasteiger partial charge in [-0.05, 0) is 105 Å². The summed E-state index contributed by atoms with van der Waals surface area (Å²) in [5.41, 5.74) is -0.275. The van der Waals surface area contributed by atoms with Crippen LogP contribution >= 0.6 is 0 Å². The molecule has 0 atom stereocenters. The molecule has 2 aliphatic heterocycles. The van der Waals surface area contributed by atoms with E-state index in [0.717, 1.165) is 25.7 Å². The van der Waals surface area contributed by atoms with Crippen molar-refractivity contribution in [3.63, 3.8) is 0 Å². The first-order valence-electron chi connectivity index (χ1n) is 14.1. The average Bonchev–Trinajstić information content (AvgIpc) is 2.85. The number of nitrogens with zero attached hydrogens (tertiary/aromatic N) is 2. The molecule has 2 saturated heterocycles. The van der Waals surface area contributed by atoms with Crippen molar-refractivity contribution in [3.8, 4) is 0 Å². The molecule has 0 aromatic heterocycles. The molecule has 0 unspecified atom stereocenters. The number of hydroxylamine groups is 4. The van der Waals surface area contributed by atoms with Gasteiger partial charge in [0.25, 0.3) is 0 Å². The van der Waals surface area contributed by atoms with Crippen molar-refractivity contribution in [2.24, 2.45) is 0 Å². The van der Waals surface area contributed by atoms with Gasteiger partial charge in [-0.3, -0.25) is 9.59 Å². The molecule has 2 heterocycles. The van der Waals surface area contributed by atoms with Crippen LogP contribution in [0.3, 0.4) is 0 Å². The number of piperidine rings is 2. The van der Waals surface area contributed by atoms with E-state index in [1.165, 1.54) is 10.1 Å². The van der Waals surface area contributed by atoms with Crippen molar-refractivity contribution in [2.75, 3.05) is 0 Å². The zero-order chi connectivity index (χ0) is 29.9. The predicted molar refractivity (Wildman–Crippen MR) is 162 cm³/mol. The number of nitrogens with one attached hydrogen (secondary N) is 2. The van der Waals surface area contributed by atoms with Crippen molar-refractivity contribution in [3.05, 3.63) is 82.6 Å². The van der Waals surface area contributed by atoms with Crippen LogP contribution in [0.1, 0.15) is 81.1 Å². The minimum absolute atomic E-state index is 0. The number of ketones is 2. The summed E-state index contributed by atoms with van der Waals surface area (Å²) in [5.74, 6) is 0.0274. The maximum atomic E-state index is 12.3. The Morgan fingerprint density at radius 1 is 0.610 bits per heavy atom. The summed E-state index contributed by atoms with van der Waals surface area (Å²) in [6, 6.07) is 0.398. The van der Waals surface area contributed by atoms with E-state index < -0.39 is 22.2 Å². The van der Waals surface area contributed by atoms with Crippen molar-refractivity contribution >= 4 is 11.6 Å². The minimum Gasteiger partial charge on any atom is -0.784 e. The Morgan fingerprint density at radius 3 is 1.15 bits per heavy atom. The van der Waals surface area contributed by atoms with Crippen LogP contribution in [-0.2, 0) is 26.7 Å². The third-order valence-corrected chi connectivity index (χ3v) is 7.97. The maximum Gasteiger partial charge on any atom is 0.187 e. The molecule has 2 fully saturated rings. The molecule has 0 saturated carbocycles. The first kappa shape index (κ1) is 34.9. The Morgan fingerprint density at radius 2 is 0.878 bits per heavy atom. The minimum atomic E-state index is -0.399. The Balaban J connectivity index is 0.000000280. The SMILES string of the molecule is CC1(C)CC(NC=C2C=CC=CC2=O)CC(C)(C)N1[O-].CC1(C)CC(NC=C2C=CC=CC2=O)CC(C)(C)N1[O-].[Cu]. The van der Waals surface area contributed by atoms with Gasteiger partial charge in [0.2, 0.25) is 0 Å². The molecule has 231 valence electrons. The van der Waals surface area contributed by atoms with Gasteiger partial charge in [0, 0.05) is 74.9 Å². The summed E-state index contributed by atoms with van der Waals surface area (Å²) in [7, 11) is 0. The first-order valence-corrected chi connectivity index (χ1v) is 14.1. The molecule has 41 heavy (non-hydrogen) atoms. The topological polar surface area (TPSA) is 111 Å². The molecule has 0 amide bonds. The van der Waals surface area contributed by atoms with Crippen molar-refractivity contribution in [1.82, 2.24) is 20.8 Å². The molecule has 0 aromatic rings. The van der Waals surface area contributed by atoms with Crippen molar-refractivity contribution in [1.29, 1.82) is 0 Å². The monoisotopic (exact) mass is 613 g/mol. The summed E-state index contributed by atoms with van der Waals surface area (Å²) in [6.45, 7) is 15.8. The van der Waals surface area contributed by atoms with E-state index in [0.29, 0.717) is 11.1 Å². The van der Waals surface area contributed by atoms with Gasteiger partial charge in [-0.15, -0.1) is 0 Å². The van der Waals surface area contributed by atoms with E-state index in [1.54, 1.807) is 48.9 Å². The third kappa shape index (κ3) is 8.87. The summed E-state index contributed by atoms with van der Waals surface area (Å²) in [6.07, 6.45) is 20.5. The Kier molecular flexibility index (Phi) is 11.4. The second-order valence-corrected chi connectivity index (χ2v) is 13.7. The first-order chi connectivity index (χ1) is 18.4. The molecule has 2 N–H and O–H groups in total. The Hall–Kier alpha value is -2.26. The van der Waals surface area contributed by atoms with Crippen molar-refractivity contribution in [2.45, 2.75) is 115 Å². The third-order valence-electron chi connectivity index (χ3n) is 7.97. The predicted octanol–water partition coefficient (Wildman–Crippen LogP) is 5.35. The van der Waals surface area contributed by atoms with Gasteiger partial charge in [0.05, 0.1) is 0 Å². The van der Waals surface area contributed by atoms with Gasteiger partial charge in [-0.2, -0.15) is 0 Å². The van der Waals surface area contributed by atoms with E-state index in [-0.39, 0.29) is 40.7 Å². The summed E-state index contributed by atoms with van der Waals surface area (Å²) < 4.78 is 0. The van der Waals surface area contributed by atoms with Gasteiger partial charge in [0.15, 0.2) is 11.6 Å². The molecule has 4 aliphatic rings. The average molecular weight is 614 g/mol. The molecule has 0 spiro atoms. The van der Waals surface area contributed by atoms with E-state index in [1.807, 2.05) is 67.5 Å². The van der Waals surface area contributed by atoms with Crippen LogP contribution < -0.4 is 10.6 Å². The number of carbonyl (C=O) groups excluding carboxylic acids is 2. The van der Waals surface area contributed by atoms with Crippen LogP contribution in [0.25, 0.3) is 0 Å². The van der Waals surface area contributed by atoms with Gasteiger partial charge >= 0.3 is 0 Å². The molecular weight excluding hydrogens is 568 g/mol. The standard InChI is InChI=1S/2C16H23N2O2.Cu/c2*1-15(2)9-13(10-16(3,4)18(15)20)17-11-12-7-5-6-8-14(12)19;/h2*5-8,11,13,17H,9-10H2,1-4H3;/q2*-1;. The second-order valence-electron chi connectivity index (χ2n) is 13.7. The number of allylic oxidation sites excluding steroid dienone is 10. The van der Waals surface area contributed by atoms with Gasteiger partial charge < -0.3 is 31.2 Å².